The second-order valence-corrected chi connectivity index (χ2v) is 7.46. The van der Waals surface area contributed by atoms with Gasteiger partial charge in [0.25, 0.3) is 0 Å². The molecule has 24 heavy (non-hydrogen) atoms. The number of nitrogens with two attached hydrogens (primary N) is 1. The Labute approximate surface area is 146 Å². The van der Waals surface area contributed by atoms with Crippen molar-refractivity contribution in [3.8, 4) is 0 Å². The minimum absolute atomic E-state index is 0.00562. The van der Waals surface area contributed by atoms with E-state index >= 15 is 0 Å². The molecule has 0 spiro atoms. The summed E-state index contributed by atoms with van der Waals surface area (Å²) in [6, 6.07) is 10.2. The molecule has 3 heterocycles. The number of rotatable bonds is 3. The summed E-state index contributed by atoms with van der Waals surface area (Å²) in [5, 5.41) is 2.92. The highest BCUT2D eigenvalue weighted by Crippen LogP contribution is 2.31. The van der Waals surface area contributed by atoms with Crippen LogP contribution in [0.25, 0.3) is 0 Å². The molecule has 1 aromatic heterocycles. The smallest absolute Gasteiger partial charge is 0.245 e. The van der Waals surface area contributed by atoms with E-state index in [1.807, 2.05) is 28.5 Å². The highest BCUT2D eigenvalue weighted by atomic mass is 32.1. The Morgan fingerprint density at radius 2 is 2.08 bits per heavy atom. The van der Waals surface area contributed by atoms with Crippen LogP contribution in [0.3, 0.4) is 0 Å². The van der Waals surface area contributed by atoms with Crippen molar-refractivity contribution in [1.29, 1.82) is 0 Å². The van der Waals surface area contributed by atoms with E-state index in [4.69, 9.17) is 5.73 Å². The molecule has 2 N–H and O–H groups in total. The predicted octanol–water partition coefficient (Wildman–Crippen LogP) is 2.07. The van der Waals surface area contributed by atoms with Crippen molar-refractivity contribution < 1.29 is 4.79 Å². The van der Waals surface area contributed by atoms with Crippen LogP contribution in [0.1, 0.15) is 24.3 Å². The molecule has 126 valence electrons. The standard InChI is InChI=1S/C18H22N4OS/c19-15-12-21(11-14(15)13-5-2-1-3-6-13)17(23)16-7-4-9-22(16)18-20-8-10-24-18/h1-3,5-6,8,10,14-16H,4,7,9,11-12,19H2/t14-,15+,16?/m0/s1. The zero-order chi connectivity index (χ0) is 16.5. The van der Waals surface area contributed by atoms with Gasteiger partial charge in [0, 0.05) is 43.2 Å². The number of carbonyl (C=O) groups excluding carboxylic acids is 1. The van der Waals surface area contributed by atoms with Crippen molar-refractivity contribution >= 4 is 22.4 Å². The molecule has 0 saturated carbocycles. The number of nitrogens with zero attached hydrogens (tertiary/aromatic N) is 3. The number of carbonyl (C=O) groups is 1. The van der Waals surface area contributed by atoms with Crippen LogP contribution in [0, 0.1) is 0 Å². The van der Waals surface area contributed by atoms with E-state index in [9.17, 15) is 4.79 Å². The first-order valence-corrected chi connectivity index (χ1v) is 9.37. The van der Waals surface area contributed by atoms with Gasteiger partial charge in [-0.2, -0.15) is 0 Å². The zero-order valence-electron chi connectivity index (χ0n) is 13.5. The maximum atomic E-state index is 13.1. The summed E-state index contributed by atoms with van der Waals surface area (Å²) >= 11 is 1.60. The first-order chi connectivity index (χ1) is 11.7. The fraction of sp³-hybridized carbons (Fsp3) is 0.444. The van der Waals surface area contributed by atoms with Gasteiger partial charge in [0.05, 0.1) is 0 Å². The number of amides is 1. The van der Waals surface area contributed by atoms with Gasteiger partial charge in [0.15, 0.2) is 5.13 Å². The fourth-order valence-electron chi connectivity index (χ4n) is 3.88. The summed E-state index contributed by atoms with van der Waals surface area (Å²) in [5.74, 6) is 0.432. The van der Waals surface area contributed by atoms with Gasteiger partial charge in [0.1, 0.15) is 6.04 Å². The minimum atomic E-state index is -0.0853. The maximum absolute atomic E-state index is 13.1. The van der Waals surface area contributed by atoms with Crippen molar-refractivity contribution in [3.63, 3.8) is 0 Å². The summed E-state index contributed by atoms with van der Waals surface area (Å²) in [5.41, 5.74) is 7.57. The van der Waals surface area contributed by atoms with Gasteiger partial charge in [-0.3, -0.25) is 4.79 Å². The quantitative estimate of drug-likeness (QED) is 0.927. The molecule has 1 amide bonds. The largest absolute Gasteiger partial charge is 0.339 e. The third kappa shape index (κ3) is 2.80. The molecule has 2 aliphatic rings. The van der Waals surface area contributed by atoms with E-state index in [-0.39, 0.29) is 23.9 Å². The Kier molecular flexibility index (Phi) is 4.24. The summed E-state index contributed by atoms with van der Waals surface area (Å²) in [7, 11) is 0. The predicted molar refractivity (Wildman–Crippen MR) is 96.2 cm³/mol. The van der Waals surface area contributed by atoms with Gasteiger partial charge >= 0.3 is 0 Å². The van der Waals surface area contributed by atoms with Crippen LogP contribution in [0.4, 0.5) is 5.13 Å². The highest BCUT2D eigenvalue weighted by Gasteiger charge is 2.40. The van der Waals surface area contributed by atoms with Crippen LogP contribution in [0.15, 0.2) is 41.9 Å². The van der Waals surface area contributed by atoms with Crippen molar-refractivity contribution in [2.75, 3.05) is 24.5 Å². The molecule has 1 aromatic carbocycles. The van der Waals surface area contributed by atoms with Crippen molar-refractivity contribution in [2.24, 2.45) is 5.73 Å². The summed E-state index contributed by atoms with van der Waals surface area (Å²) < 4.78 is 0. The van der Waals surface area contributed by atoms with E-state index in [1.54, 1.807) is 17.5 Å². The molecular weight excluding hydrogens is 320 g/mol. The SMILES string of the molecule is N[C@@H]1CN(C(=O)C2CCCN2c2nccs2)C[C@H]1c1ccccc1. The normalized spacial score (nSPS) is 27.0. The first-order valence-electron chi connectivity index (χ1n) is 8.49. The molecule has 3 atom stereocenters. The molecule has 0 radical (unpaired) electrons. The Hall–Kier alpha value is -1.92. The molecule has 2 aromatic rings. The van der Waals surface area contributed by atoms with Gasteiger partial charge in [-0.05, 0) is 18.4 Å². The summed E-state index contributed by atoms with van der Waals surface area (Å²) in [4.78, 5) is 21.6. The third-order valence-corrected chi connectivity index (χ3v) is 5.92. The van der Waals surface area contributed by atoms with Crippen molar-refractivity contribution in [1.82, 2.24) is 9.88 Å². The Balaban J connectivity index is 1.49. The summed E-state index contributed by atoms with van der Waals surface area (Å²) in [6.07, 6.45) is 3.75. The number of anilines is 1. The highest BCUT2D eigenvalue weighted by molar-refractivity contribution is 7.13. The average molecular weight is 342 g/mol. The zero-order valence-corrected chi connectivity index (χ0v) is 14.4. The van der Waals surface area contributed by atoms with Gasteiger partial charge in [-0.25, -0.2) is 4.98 Å². The second kappa shape index (κ2) is 6.53. The number of likely N-dealkylation sites (tertiary alicyclic amines) is 1. The van der Waals surface area contributed by atoms with E-state index in [0.29, 0.717) is 13.1 Å². The number of thiazole rings is 1. The number of hydrogen-bond acceptors (Lipinski definition) is 5. The molecule has 1 unspecified atom stereocenters. The van der Waals surface area contributed by atoms with Gasteiger partial charge in [-0.15, -0.1) is 11.3 Å². The molecule has 5 nitrogen and oxygen atoms in total. The molecule has 2 saturated heterocycles. The monoisotopic (exact) mass is 342 g/mol. The lowest BCUT2D eigenvalue weighted by molar-refractivity contribution is -0.131. The molecule has 0 aliphatic carbocycles. The first kappa shape index (κ1) is 15.6. The van der Waals surface area contributed by atoms with E-state index in [1.165, 1.54) is 5.56 Å². The van der Waals surface area contributed by atoms with E-state index < -0.39 is 0 Å². The lowest BCUT2D eigenvalue weighted by atomic mass is 9.95. The van der Waals surface area contributed by atoms with Crippen molar-refractivity contribution in [2.45, 2.75) is 30.8 Å². The Morgan fingerprint density at radius 1 is 1.25 bits per heavy atom. The van der Waals surface area contributed by atoms with E-state index in [0.717, 1.165) is 24.5 Å². The van der Waals surface area contributed by atoms with Gasteiger partial charge in [-0.1, -0.05) is 30.3 Å². The fourth-order valence-corrected chi connectivity index (χ4v) is 4.60. The molecular formula is C18H22N4OS. The van der Waals surface area contributed by atoms with Crippen LogP contribution in [0.2, 0.25) is 0 Å². The Morgan fingerprint density at radius 3 is 2.83 bits per heavy atom. The number of aromatic nitrogens is 1. The molecule has 0 bridgehead atoms. The maximum Gasteiger partial charge on any atom is 0.245 e. The van der Waals surface area contributed by atoms with Crippen LogP contribution in [-0.4, -0.2) is 47.5 Å². The molecule has 6 heteroatoms. The van der Waals surface area contributed by atoms with Gasteiger partial charge in [0.2, 0.25) is 5.91 Å². The molecule has 2 aliphatic heterocycles. The number of hydrogen-bond donors (Lipinski definition) is 1. The molecule has 2 fully saturated rings. The average Bonchev–Trinajstić information content (AvgIpc) is 3.34. The van der Waals surface area contributed by atoms with Gasteiger partial charge < -0.3 is 15.5 Å². The third-order valence-electron chi connectivity index (χ3n) is 5.11. The van der Waals surface area contributed by atoms with Crippen LogP contribution in [-0.2, 0) is 4.79 Å². The topological polar surface area (TPSA) is 62.5 Å². The Bertz CT molecular complexity index is 690. The van der Waals surface area contributed by atoms with Crippen LogP contribution < -0.4 is 10.6 Å². The van der Waals surface area contributed by atoms with Crippen LogP contribution >= 0.6 is 11.3 Å². The molecule has 4 rings (SSSR count). The lowest BCUT2D eigenvalue weighted by Gasteiger charge is -2.27. The summed E-state index contributed by atoms with van der Waals surface area (Å²) in [6.45, 7) is 2.26. The van der Waals surface area contributed by atoms with E-state index in [2.05, 4.69) is 22.0 Å². The minimum Gasteiger partial charge on any atom is -0.339 e. The second-order valence-electron chi connectivity index (χ2n) is 6.59. The lowest BCUT2D eigenvalue weighted by Crippen LogP contribution is -2.45. The number of benzene rings is 1. The van der Waals surface area contributed by atoms with Crippen molar-refractivity contribution in [3.05, 3.63) is 47.5 Å². The van der Waals surface area contributed by atoms with Crippen LogP contribution in [0.5, 0.6) is 0 Å².